The number of aryl methyl sites for hydroxylation is 1. The fraction of sp³-hybridized carbons (Fsp3) is 0.273. The minimum atomic E-state index is -3.84. The van der Waals surface area contributed by atoms with Gasteiger partial charge in [-0.1, -0.05) is 35.9 Å². The summed E-state index contributed by atoms with van der Waals surface area (Å²) in [5.41, 5.74) is 1.41. The predicted octanol–water partition coefficient (Wildman–Crippen LogP) is 2.65. The van der Waals surface area contributed by atoms with Crippen molar-refractivity contribution < 1.29 is 27.5 Å². The molecule has 2 aromatic rings. The minimum Gasteiger partial charge on any atom is -0.496 e. The van der Waals surface area contributed by atoms with Gasteiger partial charge in [0.15, 0.2) is 9.84 Å². The van der Waals surface area contributed by atoms with Crippen molar-refractivity contribution >= 4 is 21.8 Å². The maximum absolute atomic E-state index is 13.0. The van der Waals surface area contributed by atoms with Crippen LogP contribution in [0.15, 0.2) is 64.7 Å². The van der Waals surface area contributed by atoms with Gasteiger partial charge in [-0.25, -0.2) is 18.0 Å². The molecule has 0 saturated carbocycles. The van der Waals surface area contributed by atoms with Gasteiger partial charge in [-0.2, -0.15) is 0 Å². The molecule has 1 heterocycles. The molecule has 1 atom stereocenters. The molecule has 31 heavy (non-hydrogen) atoms. The molecular formula is C22H24N2O6S. The Balaban J connectivity index is 2.13. The van der Waals surface area contributed by atoms with E-state index in [0.29, 0.717) is 11.3 Å². The molecule has 0 aromatic heterocycles. The van der Waals surface area contributed by atoms with Crippen LogP contribution in [0, 0.1) is 6.92 Å². The lowest BCUT2D eigenvalue weighted by Crippen LogP contribution is -2.47. The predicted molar refractivity (Wildman–Crippen MR) is 114 cm³/mol. The first-order valence-electron chi connectivity index (χ1n) is 9.66. The Morgan fingerprint density at radius 2 is 1.77 bits per heavy atom. The minimum absolute atomic E-state index is 0.0154. The lowest BCUT2D eigenvalue weighted by Gasteiger charge is -2.30. The summed E-state index contributed by atoms with van der Waals surface area (Å²) in [5.74, 6) is -0.847. The van der Waals surface area contributed by atoms with E-state index >= 15 is 0 Å². The van der Waals surface area contributed by atoms with Gasteiger partial charge < -0.3 is 20.1 Å². The van der Waals surface area contributed by atoms with Crippen molar-refractivity contribution in [1.29, 1.82) is 0 Å². The second-order valence-corrected chi connectivity index (χ2v) is 8.95. The van der Waals surface area contributed by atoms with Gasteiger partial charge in [0.1, 0.15) is 5.75 Å². The summed E-state index contributed by atoms with van der Waals surface area (Å²) < 4.78 is 36.6. The van der Waals surface area contributed by atoms with Crippen LogP contribution in [0.3, 0.4) is 0 Å². The summed E-state index contributed by atoms with van der Waals surface area (Å²) in [7, 11) is -2.37. The van der Waals surface area contributed by atoms with E-state index in [2.05, 4.69) is 10.6 Å². The Morgan fingerprint density at radius 3 is 2.42 bits per heavy atom. The van der Waals surface area contributed by atoms with Crippen LogP contribution in [0.4, 0.5) is 4.79 Å². The summed E-state index contributed by atoms with van der Waals surface area (Å²) in [6.07, 6.45) is 0. The summed E-state index contributed by atoms with van der Waals surface area (Å²) in [5, 5.41) is 5.17. The number of para-hydroxylation sites is 1. The van der Waals surface area contributed by atoms with Crippen LogP contribution in [0.25, 0.3) is 0 Å². The molecular weight excluding hydrogens is 420 g/mol. The molecule has 3 rings (SSSR count). The van der Waals surface area contributed by atoms with Gasteiger partial charge in [-0.05, 0) is 32.0 Å². The van der Waals surface area contributed by atoms with Crippen molar-refractivity contribution in [3.63, 3.8) is 0 Å². The van der Waals surface area contributed by atoms with Gasteiger partial charge in [0.2, 0.25) is 0 Å². The van der Waals surface area contributed by atoms with Gasteiger partial charge in [0.25, 0.3) is 0 Å². The van der Waals surface area contributed by atoms with Gasteiger partial charge in [-0.15, -0.1) is 0 Å². The number of nitrogens with one attached hydrogen (secondary N) is 2. The lowest BCUT2D eigenvalue weighted by molar-refractivity contribution is -0.139. The fourth-order valence-corrected chi connectivity index (χ4v) is 4.66. The zero-order chi connectivity index (χ0) is 22.6. The zero-order valence-corrected chi connectivity index (χ0v) is 18.3. The van der Waals surface area contributed by atoms with Gasteiger partial charge in [0, 0.05) is 11.3 Å². The molecule has 2 aromatic carbocycles. The second-order valence-electron chi connectivity index (χ2n) is 6.96. The van der Waals surface area contributed by atoms with Crippen LogP contribution in [0.1, 0.15) is 24.1 Å². The van der Waals surface area contributed by atoms with Gasteiger partial charge in [0.05, 0.1) is 36.0 Å². The molecule has 0 unspecified atom stereocenters. The molecule has 0 bridgehead atoms. The maximum Gasteiger partial charge on any atom is 0.338 e. The highest BCUT2D eigenvalue weighted by Crippen LogP contribution is 2.34. The Bertz CT molecular complexity index is 1120. The second kappa shape index (κ2) is 9.22. The molecule has 2 amide bonds. The average Bonchev–Trinajstić information content (AvgIpc) is 2.73. The van der Waals surface area contributed by atoms with Crippen molar-refractivity contribution in [3.8, 4) is 5.75 Å². The highest BCUT2D eigenvalue weighted by molar-refractivity contribution is 7.91. The Hall–Kier alpha value is -3.33. The monoisotopic (exact) mass is 444 g/mol. The number of hydrogen-bond donors (Lipinski definition) is 2. The number of sulfone groups is 1. The third kappa shape index (κ3) is 4.88. The third-order valence-corrected chi connectivity index (χ3v) is 6.47. The molecule has 8 nitrogen and oxygen atoms in total. The van der Waals surface area contributed by atoms with Gasteiger partial charge in [-0.3, -0.25) is 0 Å². The van der Waals surface area contributed by atoms with Crippen LogP contribution in [-0.2, 0) is 19.4 Å². The van der Waals surface area contributed by atoms with E-state index in [1.807, 2.05) is 6.92 Å². The smallest absolute Gasteiger partial charge is 0.338 e. The largest absolute Gasteiger partial charge is 0.496 e. The van der Waals surface area contributed by atoms with Crippen molar-refractivity contribution in [1.82, 2.24) is 10.6 Å². The van der Waals surface area contributed by atoms with E-state index < -0.39 is 33.6 Å². The highest BCUT2D eigenvalue weighted by Gasteiger charge is 2.36. The average molecular weight is 445 g/mol. The molecule has 1 aliphatic rings. The molecule has 0 fully saturated rings. The van der Waals surface area contributed by atoms with Crippen molar-refractivity contribution in [2.24, 2.45) is 0 Å². The summed E-state index contributed by atoms with van der Waals surface area (Å²) in [6, 6.07) is 11.7. The zero-order valence-electron chi connectivity index (χ0n) is 17.5. The van der Waals surface area contributed by atoms with E-state index in [1.54, 1.807) is 43.3 Å². The SMILES string of the molecule is CCOC(=O)C1=C(CS(=O)(=O)c2ccc(C)cc2)NC(=O)N[C@@H]1c1ccccc1OC. The number of rotatable bonds is 7. The Morgan fingerprint density at radius 1 is 1.10 bits per heavy atom. The Labute approximate surface area is 181 Å². The maximum atomic E-state index is 13.0. The summed E-state index contributed by atoms with van der Waals surface area (Å²) in [4.78, 5) is 25.4. The van der Waals surface area contributed by atoms with Crippen LogP contribution in [0.5, 0.6) is 5.75 Å². The summed E-state index contributed by atoms with van der Waals surface area (Å²) in [6.45, 7) is 3.59. The number of ether oxygens (including phenoxy) is 2. The number of amides is 2. The van der Waals surface area contributed by atoms with E-state index in [9.17, 15) is 18.0 Å². The van der Waals surface area contributed by atoms with E-state index in [4.69, 9.17) is 9.47 Å². The molecule has 0 spiro atoms. The fourth-order valence-electron chi connectivity index (χ4n) is 3.34. The number of carbonyl (C=O) groups is 2. The van der Waals surface area contributed by atoms with Crippen LogP contribution >= 0.6 is 0 Å². The quantitative estimate of drug-likeness (QED) is 0.635. The number of benzene rings is 2. The lowest BCUT2D eigenvalue weighted by atomic mass is 9.95. The van der Waals surface area contributed by atoms with Gasteiger partial charge >= 0.3 is 12.0 Å². The standard InChI is InChI=1S/C22H24N2O6S/c1-4-30-21(25)19-17(13-31(27,28)15-11-9-14(2)10-12-15)23-22(26)24-20(19)16-7-5-6-8-18(16)29-3/h5-12,20H,4,13H2,1-3H3,(H2,23,24,26)/t20-/m1/s1. The molecule has 0 radical (unpaired) electrons. The number of hydrogen-bond acceptors (Lipinski definition) is 6. The first-order valence-corrected chi connectivity index (χ1v) is 11.3. The van der Waals surface area contributed by atoms with Crippen molar-refractivity contribution in [2.75, 3.05) is 19.5 Å². The Kier molecular flexibility index (Phi) is 6.65. The first-order chi connectivity index (χ1) is 14.8. The molecule has 0 aliphatic carbocycles. The first kappa shape index (κ1) is 22.4. The van der Waals surface area contributed by atoms with E-state index in [1.165, 1.54) is 19.2 Å². The normalized spacial score (nSPS) is 16.4. The number of esters is 1. The van der Waals surface area contributed by atoms with Crippen LogP contribution in [-0.4, -0.2) is 39.9 Å². The molecule has 164 valence electrons. The van der Waals surface area contributed by atoms with Crippen LogP contribution < -0.4 is 15.4 Å². The topological polar surface area (TPSA) is 111 Å². The molecule has 1 aliphatic heterocycles. The highest BCUT2D eigenvalue weighted by atomic mass is 32.2. The third-order valence-electron chi connectivity index (χ3n) is 4.81. The van der Waals surface area contributed by atoms with E-state index in [-0.39, 0.29) is 22.8 Å². The number of carbonyl (C=O) groups excluding carboxylic acids is 2. The summed E-state index contributed by atoms with van der Waals surface area (Å²) >= 11 is 0. The molecule has 2 N–H and O–H groups in total. The molecule has 9 heteroatoms. The van der Waals surface area contributed by atoms with Crippen LogP contribution in [0.2, 0.25) is 0 Å². The van der Waals surface area contributed by atoms with E-state index in [0.717, 1.165) is 5.56 Å². The van der Waals surface area contributed by atoms with Crippen molar-refractivity contribution in [2.45, 2.75) is 24.8 Å². The molecule has 0 saturated heterocycles. The number of methoxy groups -OCH3 is 1. The number of urea groups is 1. The van der Waals surface area contributed by atoms with Crippen molar-refractivity contribution in [3.05, 3.63) is 70.9 Å².